The van der Waals surface area contributed by atoms with Crippen LogP contribution in [0.25, 0.3) is 0 Å². The van der Waals surface area contributed by atoms with Crippen LogP contribution in [0.3, 0.4) is 0 Å². The van der Waals surface area contributed by atoms with Crippen LogP contribution in [0.15, 0.2) is 24.3 Å². The molecule has 1 heterocycles. The molecule has 1 N–H and O–H groups in total. The average molecular weight is 246 g/mol. The lowest BCUT2D eigenvalue weighted by Gasteiger charge is -2.27. The molecule has 0 radical (unpaired) electrons. The second-order valence-electron chi connectivity index (χ2n) is 5.31. The number of carbonyl (C=O) groups is 1. The van der Waals surface area contributed by atoms with Crippen molar-refractivity contribution in [2.75, 3.05) is 19.6 Å². The van der Waals surface area contributed by atoms with Crippen LogP contribution in [0, 0.1) is 5.92 Å². The number of carbonyl (C=O) groups excluding carboxylic acids is 1. The van der Waals surface area contributed by atoms with Crippen molar-refractivity contribution in [3.63, 3.8) is 0 Å². The van der Waals surface area contributed by atoms with Gasteiger partial charge >= 0.3 is 0 Å². The molecule has 1 amide bonds. The second kappa shape index (κ2) is 6.01. The largest absolute Gasteiger partial charge is 0.337 e. The van der Waals surface area contributed by atoms with Crippen molar-refractivity contribution in [3.05, 3.63) is 35.4 Å². The molecular formula is C15H22N2O. The summed E-state index contributed by atoms with van der Waals surface area (Å²) in [7, 11) is 0. The van der Waals surface area contributed by atoms with Crippen LogP contribution in [-0.2, 0) is 6.54 Å². The Morgan fingerprint density at radius 1 is 1.33 bits per heavy atom. The van der Waals surface area contributed by atoms with Gasteiger partial charge in [-0.05, 0) is 24.0 Å². The molecule has 3 nitrogen and oxygen atoms in total. The molecule has 1 aromatic rings. The summed E-state index contributed by atoms with van der Waals surface area (Å²) in [6.07, 6.45) is 1.06. The molecule has 18 heavy (non-hydrogen) atoms. The topological polar surface area (TPSA) is 32.3 Å². The van der Waals surface area contributed by atoms with Gasteiger partial charge in [0, 0.05) is 31.7 Å². The van der Waals surface area contributed by atoms with E-state index in [1.807, 2.05) is 29.2 Å². The molecule has 0 unspecified atom stereocenters. The molecule has 0 fully saturated rings. The Morgan fingerprint density at radius 3 is 2.89 bits per heavy atom. The summed E-state index contributed by atoms with van der Waals surface area (Å²) in [5.41, 5.74) is 1.96. The zero-order chi connectivity index (χ0) is 13.0. The van der Waals surface area contributed by atoms with Crippen LogP contribution in [0.2, 0.25) is 0 Å². The SMILES string of the molecule is CC(C)CCN1CCNCc2ccccc2C1=O. The molecule has 0 bridgehead atoms. The summed E-state index contributed by atoms with van der Waals surface area (Å²) in [5, 5.41) is 3.39. The van der Waals surface area contributed by atoms with Crippen LogP contribution < -0.4 is 5.32 Å². The lowest BCUT2D eigenvalue weighted by molar-refractivity contribution is 0.0743. The Morgan fingerprint density at radius 2 is 2.11 bits per heavy atom. The standard InChI is InChI=1S/C15H22N2O/c1-12(2)7-9-17-10-8-16-11-13-5-3-4-6-14(13)15(17)18/h3-6,12,16H,7-11H2,1-2H3. The molecule has 2 rings (SSSR count). The Hall–Kier alpha value is -1.35. The first-order chi connectivity index (χ1) is 8.68. The first kappa shape index (κ1) is 13.1. The average Bonchev–Trinajstić information content (AvgIpc) is 2.35. The van der Waals surface area contributed by atoms with Gasteiger partial charge in [-0.3, -0.25) is 4.79 Å². The number of nitrogens with zero attached hydrogens (tertiary/aromatic N) is 1. The van der Waals surface area contributed by atoms with Gasteiger partial charge in [0.25, 0.3) is 5.91 Å². The van der Waals surface area contributed by atoms with E-state index in [2.05, 4.69) is 19.2 Å². The number of rotatable bonds is 3. The van der Waals surface area contributed by atoms with E-state index >= 15 is 0 Å². The molecule has 0 spiro atoms. The predicted molar refractivity (Wildman–Crippen MR) is 73.5 cm³/mol. The van der Waals surface area contributed by atoms with Crippen molar-refractivity contribution < 1.29 is 4.79 Å². The van der Waals surface area contributed by atoms with Crippen molar-refractivity contribution in [1.82, 2.24) is 10.2 Å². The molecule has 0 atom stereocenters. The lowest BCUT2D eigenvalue weighted by Crippen LogP contribution is -2.40. The van der Waals surface area contributed by atoms with Crippen LogP contribution in [-0.4, -0.2) is 30.4 Å². The number of nitrogens with one attached hydrogen (secondary N) is 1. The van der Waals surface area contributed by atoms with Crippen molar-refractivity contribution in [2.45, 2.75) is 26.8 Å². The fraction of sp³-hybridized carbons (Fsp3) is 0.533. The van der Waals surface area contributed by atoms with Gasteiger partial charge in [0.2, 0.25) is 0 Å². The molecule has 1 aliphatic heterocycles. The third-order valence-corrected chi connectivity index (χ3v) is 3.39. The quantitative estimate of drug-likeness (QED) is 0.887. The van der Waals surface area contributed by atoms with Crippen molar-refractivity contribution in [1.29, 1.82) is 0 Å². The molecule has 1 aliphatic rings. The Kier molecular flexibility index (Phi) is 4.37. The van der Waals surface area contributed by atoms with Crippen LogP contribution in [0.4, 0.5) is 0 Å². The van der Waals surface area contributed by atoms with Crippen LogP contribution >= 0.6 is 0 Å². The van der Waals surface area contributed by atoms with E-state index in [-0.39, 0.29) is 5.91 Å². The summed E-state index contributed by atoms with van der Waals surface area (Å²) in [5.74, 6) is 0.819. The van der Waals surface area contributed by atoms with Crippen molar-refractivity contribution in [3.8, 4) is 0 Å². The number of fused-ring (bicyclic) bond motifs is 1. The highest BCUT2D eigenvalue weighted by Crippen LogP contribution is 2.14. The number of hydrogen-bond donors (Lipinski definition) is 1. The molecule has 3 heteroatoms. The first-order valence-corrected chi connectivity index (χ1v) is 6.76. The summed E-state index contributed by atoms with van der Waals surface area (Å²) < 4.78 is 0. The van der Waals surface area contributed by atoms with Gasteiger partial charge in [-0.15, -0.1) is 0 Å². The highest BCUT2D eigenvalue weighted by Gasteiger charge is 2.20. The predicted octanol–water partition coefficient (Wildman–Crippen LogP) is 2.28. The summed E-state index contributed by atoms with van der Waals surface area (Å²) >= 11 is 0. The van der Waals surface area contributed by atoms with Gasteiger partial charge in [-0.25, -0.2) is 0 Å². The van der Waals surface area contributed by atoms with E-state index in [0.29, 0.717) is 5.92 Å². The second-order valence-corrected chi connectivity index (χ2v) is 5.31. The molecule has 1 aromatic carbocycles. The minimum absolute atomic E-state index is 0.188. The van der Waals surface area contributed by atoms with E-state index in [0.717, 1.165) is 43.7 Å². The fourth-order valence-corrected chi connectivity index (χ4v) is 2.22. The molecule has 98 valence electrons. The zero-order valence-electron chi connectivity index (χ0n) is 11.3. The van der Waals surface area contributed by atoms with E-state index in [1.54, 1.807) is 0 Å². The van der Waals surface area contributed by atoms with Gasteiger partial charge < -0.3 is 10.2 Å². The summed E-state index contributed by atoms with van der Waals surface area (Å²) in [4.78, 5) is 14.5. The van der Waals surface area contributed by atoms with Crippen molar-refractivity contribution >= 4 is 5.91 Å². The van der Waals surface area contributed by atoms with E-state index < -0.39 is 0 Å². The minimum atomic E-state index is 0.188. The van der Waals surface area contributed by atoms with Crippen LogP contribution in [0.1, 0.15) is 36.2 Å². The Bertz CT molecular complexity index is 415. The summed E-state index contributed by atoms with van der Waals surface area (Å²) in [6.45, 7) is 7.71. The van der Waals surface area contributed by atoms with Gasteiger partial charge in [0.1, 0.15) is 0 Å². The molecule has 0 saturated carbocycles. The first-order valence-electron chi connectivity index (χ1n) is 6.76. The van der Waals surface area contributed by atoms with E-state index in [1.165, 1.54) is 0 Å². The Labute approximate surface area is 109 Å². The summed E-state index contributed by atoms with van der Waals surface area (Å²) in [6, 6.07) is 7.91. The van der Waals surface area contributed by atoms with Gasteiger partial charge in [-0.1, -0.05) is 32.0 Å². The maximum absolute atomic E-state index is 12.5. The molecular weight excluding hydrogens is 224 g/mol. The number of hydrogen-bond acceptors (Lipinski definition) is 2. The van der Waals surface area contributed by atoms with Gasteiger partial charge in [-0.2, -0.15) is 0 Å². The van der Waals surface area contributed by atoms with Gasteiger partial charge in [0.15, 0.2) is 0 Å². The monoisotopic (exact) mass is 246 g/mol. The van der Waals surface area contributed by atoms with E-state index in [9.17, 15) is 4.79 Å². The van der Waals surface area contributed by atoms with Crippen LogP contribution in [0.5, 0.6) is 0 Å². The molecule has 0 saturated heterocycles. The fourth-order valence-electron chi connectivity index (χ4n) is 2.22. The maximum Gasteiger partial charge on any atom is 0.254 e. The Balaban J connectivity index is 2.17. The number of amides is 1. The molecule has 0 aromatic heterocycles. The smallest absolute Gasteiger partial charge is 0.254 e. The normalized spacial score (nSPS) is 16.4. The zero-order valence-corrected chi connectivity index (χ0v) is 11.3. The van der Waals surface area contributed by atoms with Crippen molar-refractivity contribution in [2.24, 2.45) is 5.92 Å². The van der Waals surface area contributed by atoms with Gasteiger partial charge in [0.05, 0.1) is 0 Å². The third kappa shape index (κ3) is 3.10. The number of benzene rings is 1. The lowest BCUT2D eigenvalue weighted by atomic mass is 10.0. The highest BCUT2D eigenvalue weighted by molar-refractivity contribution is 5.95. The minimum Gasteiger partial charge on any atom is -0.337 e. The highest BCUT2D eigenvalue weighted by atomic mass is 16.2. The molecule has 0 aliphatic carbocycles. The third-order valence-electron chi connectivity index (χ3n) is 3.39. The van der Waals surface area contributed by atoms with E-state index in [4.69, 9.17) is 0 Å². The maximum atomic E-state index is 12.5.